The molecule has 0 radical (unpaired) electrons. The fraction of sp³-hybridized carbons (Fsp3) is 0.286. The molecular weight excluding hydrogens is 460 g/mol. The molecule has 0 spiro atoms. The van der Waals surface area contributed by atoms with E-state index in [2.05, 4.69) is 10.1 Å². The molecule has 1 heterocycles. The van der Waals surface area contributed by atoms with E-state index in [0.717, 1.165) is 24.0 Å². The number of hydrogen-bond donors (Lipinski definition) is 2. The first kappa shape index (κ1) is 24.3. The monoisotopic (exact) mass is 481 g/mol. The summed E-state index contributed by atoms with van der Waals surface area (Å²) in [7, 11) is -3.78. The van der Waals surface area contributed by atoms with Crippen molar-refractivity contribution in [1.29, 1.82) is 0 Å². The fourth-order valence-electron chi connectivity index (χ4n) is 2.99. The number of carbonyl (C=O) groups is 1. The summed E-state index contributed by atoms with van der Waals surface area (Å²) in [4.78, 5) is 15.8. The van der Waals surface area contributed by atoms with E-state index in [-0.39, 0.29) is 31.2 Å². The van der Waals surface area contributed by atoms with Gasteiger partial charge >= 0.3 is 0 Å². The maximum absolute atomic E-state index is 13.8. The molecule has 0 saturated heterocycles. The predicted octanol–water partition coefficient (Wildman–Crippen LogP) is 2.84. The van der Waals surface area contributed by atoms with Crippen molar-refractivity contribution in [3.8, 4) is 17.1 Å². The van der Waals surface area contributed by atoms with Gasteiger partial charge in [0.25, 0.3) is 11.8 Å². The highest BCUT2D eigenvalue weighted by Crippen LogP contribution is 2.25. The third kappa shape index (κ3) is 5.34. The largest absolute Gasteiger partial charge is 0.484 e. The Morgan fingerprint density at radius 1 is 1.18 bits per heavy atom. The van der Waals surface area contributed by atoms with Crippen molar-refractivity contribution in [2.24, 2.45) is 0 Å². The van der Waals surface area contributed by atoms with Gasteiger partial charge in [0.05, 0.1) is 5.56 Å². The molecule has 2 aromatic carbocycles. The molecule has 1 unspecified atom stereocenters. The van der Waals surface area contributed by atoms with E-state index in [4.69, 9.17) is 14.5 Å². The zero-order valence-electron chi connectivity index (χ0n) is 17.7. The Kier molecular flexibility index (Phi) is 7.08. The molecule has 1 amide bonds. The summed E-state index contributed by atoms with van der Waals surface area (Å²) in [6.07, 6.45) is 1.14. The van der Waals surface area contributed by atoms with Gasteiger partial charge in [-0.1, -0.05) is 23.4 Å². The maximum Gasteiger partial charge on any atom is 0.264 e. The zero-order valence-corrected chi connectivity index (χ0v) is 18.5. The summed E-state index contributed by atoms with van der Waals surface area (Å²) in [6.45, 7) is 1.10. The van der Waals surface area contributed by atoms with Gasteiger partial charge in [-0.05, 0) is 49.6 Å². The highest BCUT2D eigenvalue weighted by molar-refractivity contribution is 7.92. The smallest absolute Gasteiger partial charge is 0.264 e. The van der Waals surface area contributed by atoms with Crippen LogP contribution in [0.5, 0.6) is 5.75 Å². The Labute approximate surface area is 188 Å². The van der Waals surface area contributed by atoms with Crippen molar-refractivity contribution >= 4 is 15.7 Å². The number of nitrogens with zero attached hydrogens (tertiary/aromatic N) is 2. The normalized spacial score (nSPS) is 13.4. The minimum atomic E-state index is -3.78. The number of hydroxylamine groups is 1. The molecule has 0 aliphatic rings. The van der Waals surface area contributed by atoms with E-state index < -0.39 is 37.7 Å². The molecule has 12 heteroatoms. The van der Waals surface area contributed by atoms with E-state index in [1.54, 1.807) is 24.3 Å². The van der Waals surface area contributed by atoms with Gasteiger partial charge in [0, 0.05) is 6.26 Å². The van der Waals surface area contributed by atoms with E-state index in [1.807, 2.05) is 0 Å². The number of aromatic nitrogens is 2. The van der Waals surface area contributed by atoms with Crippen LogP contribution in [0.25, 0.3) is 11.4 Å². The van der Waals surface area contributed by atoms with Crippen LogP contribution in [-0.2, 0) is 27.7 Å². The quantitative estimate of drug-likeness (QED) is 0.352. The van der Waals surface area contributed by atoms with Crippen LogP contribution in [0.1, 0.15) is 24.8 Å². The van der Waals surface area contributed by atoms with Crippen molar-refractivity contribution in [3.05, 3.63) is 65.6 Å². The predicted molar refractivity (Wildman–Crippen MR) is 112 cm³/mol. The molecule has 9 nitrogen and oxygen atoms in total. The molecule has 0 bridgehead atoms. The number of aryl methyl sites for hydroxylation is 1. The second-order valence-corrected chi connectivity index (χ2v) is 9.93. The van der Waals surface area contributed by atoms with Crippen molar-refractivity contribution in [1.82, 2.24) is 15.6 Å². The zero-order chi connectivity index (χ0) is 24.2. The lowest BCUT2D eigenvalue weighted by atomic mass is 9.99. The molecule has 1 atom stereocenters. The molecule has 0 aliphatic carbocycles. The minimum Gasteiger partial charge on any atom is -0.484 e. The molecule has 176 valence electrons. The van der Waals surface area contributed by atoms with Gasteiger partial charge in [0.2, 0.25) is 5.82 Å². The van der Waals surface area contributed by atoms with Crippen molar-refractivity contribution < 1.29 is 36.5 Å². The average molecular weight is 481 g/mol. The highest BCUT2D eigenvalue weighted by Gasteiger charge is 2.43. The standard InChI is InChI=1S/C21H21F2N3O6S/c1-21(20(27)25-28,33(2,29)30)11-10-13-6-8-14(9-7-13)31-12-17-24-19(26-32-17)18-15(22)4-3-5-16(18)23/h3-9,28H,10-12H2,1-2H3,(H,25,27). The van der Waals surface area contributed by atoms with Gasteiger partial charge in [0.1, 0.15) is 22.1 Å². The number of hydrogen-bond acceptors (Lipinski definition) is 8. The molecule has 33 heavy (non-hydrogen) atoms. The molecule has 0 fully saturated rings. The number of rotatable bonds is 9. The van der Waals surface area contributed by atoms with Crippen molar-refractivity contribution in [3.63, 3.8) is 0 Å². The summed E-state index contributed by atoms with van der Waals surface area (Å²) in [5.74, 6) is -2.44. The lowest BCUT2D eigenvalue weighted by Crippen LogP contribution is -2.49. The Balaban J connectivity index is 1.62. The first-order chi connectivity index (χ1) is 15.5. The van der Waals surface area contributed by atoms with Gasteiger partial charge in [-0.25, -0.2) is 22.7 Å². The van der Waals surface area contributed by atoms with E-state index in [9.17, 15) is 22.0 Å². The summed E-state index contributed by atoms with van der Waals surface area (Å²) in [5.41, 5.74) is 1.75. The first-order valence-electron chi connectivity index (χ1n) is 9.68. The van der Waals surface area contributed by atoms with Crippen LogP contribution >= 0.6 is 0 Å². The van der Waals surface area contributed by atoms with Crippen molar-refractivity contribution in [2.45, 2.75) is 31.1 Å². The van der Waals surface area contributed by atoms with Crippen LogP contribution in [0.3, 0.4) is 0 Å². The number of nitrogens with one attached hydrogen (secondary N) is 1. The third-order valence-electron chi connectivity index (χ3n) is 5.23. The van der Waals surface area contributed by atoms with E-state index in [0.29, 0.717) is 5.75 Å². The highest BCUT2D eigenvalue weighted by atomic mass is 32.2. The second kappa shape index (κ2) is 9.63. The Bertz CT molecular complexity index is 1230. The molecular formula is C21H21F2N3O6S. The topological polar surface area (TPSA) is 132 Å². The number of ether oxygens (including phenoxy) is 1. The van der Waals surface area contributed by atoms with Gasteiger partial charge in [-0.2, -0.15) is 4.98 Å². The fourth-order valence-corrected chi connectivity index (χ4v) is 3.85. The summed E-state index contributed by atoms with van der Waals surface area (Å²) in [6, 6.07) is 10.00. The van der Waals surface area contributed by atoms with E-state index >= 15 is 0 Å². The van der Waals surface area contributed by atoms with Crippen LogP contribution in [0.15, 0.2) is 47.0 Å². The molecule has 1 aromatic heterocycles. The summed E-state index contributed by atoms with van der Waals surface area (Å²) in [5, 5.41) is 12.5. The molecule has 3 rings (SSSR count). The SMILES string of the molecule is CC(CCc1ccc(OCc2nc(-c3c(F)cccc3F)no2)cc1)(C(=O)NO)S(C)(=O)=O. The number of carbonyl (C=O) groups excluding carboxylic acids is 1. The lowest BCUT2D eigenvalue weighted by molar-refractivity contribution is -0.131. The number of halogens is 2. The number of benzene rings is 2. The average Bonchev–Trinajstić information content (AvgIpc) is 3.23. The van der Waals surface area contributed by atoms with E-state index in [1.165, 1.54) is 18.5 Å². The molecule has 3 aromatic rings. The number of sulfone groups is 1. The maximum atomic E-state index is 13.8. The molecule has 0 saturated carbocycles. The van der Waals surface area contributed by atoms with Crippen LogP contribution in [-0.4, -0.2) is 40.7 Å². The summed E-state index contributed by atoms with van der Waals surface area (Å²) < 4.78 is 60.5. The van der Waals surface area contributed by atoms with Crippen LogP contribution < -0.4 is 10.2 Å². The third-order valence-corrected chi connectivity index (χ3v) is 7.26. The Morgan fingerprint density at radius 3 is 2.39 bits per heavy atom. The van der Waals surface area contributed by atoms with Gasteiger partial charge in [-0.3, -0.25) is 10.0 Å². The van der Waals surface area contributed by atoms with Crippen molar-refractivity contribution in [2.75, 3.05) is 6.26 Å². The van der Waals surface area contributed by atoms with Crippen LogP contribution in [0, 0.1) is 11.6 Å². The summed E-state index contributed by atoms with van der Waals surface area (Å²) >= 11 is 0. The lowest BCUT2D eigenvalue weighted by Gasteiger charge is -2.25. The number of amides is 1. The first-order valence-corrected chi connectivity index (χ1v) is 11.6. The minimum absolute atomic E-state index is 0.00987. The Morgan fingerprint density at radius 2 is 1.82 bits per heavy atom. The van der Waals surface area contributed by atoms with Gasteiger partial charge in [0.15, 0.2) is 16.4 Å². The molecule has 0 aliphatic heterocycles. The molecule has 2 N–H and O–H groups in total. The Hall–Kier alpha value is -3.38. The second-order valence-electron chi connectivity index (χ2n) is 7.48. The van der Waals surface area contributed by atoms with Gasteiger partial charge in [-0.15, -0.1) is 0 Å². The van der Waals surface area contributed by atoms with Crippen LogP contribution in [0.2, 0.25) is 0 Å². The van der Waals surface area contributed by atoms with Gasteiger partial charge < -0.3 is 9.26 Å². The van der Waals surface area contributed by atoms with Crippen LogP contribution in [0.4, 0.5) is 8.78 Å².